The zero-order valence-electron chi connectivity index (χ0n) is 14.1. The summed E-state index contributed by atoms with van der Waals surface area (Å²) in [4.78, 5) is 11.1. The lowest BCUT2D eigenvalue weighted by Gasteiger charge is -2.11. The first-order valence-electron chi connectivity index (χ1n) is 8.44. The van der Waals surface area contributed by atoms with Gasteiger partial charge in [0.15, 0.2) is 0 Å². The number of aryl methyl sites for hydroxylation is 1. The van der Waals surface area contributed by atoms with Crippen LogP contribution in [-0.4, -0.2) is 22.1 Å². The number of aromatic nitrogens is 1. The molecule has 0 aliphatic carbocycles. The molecule has 3 rings (SSSR count). The van der Waals surface area contributed by atoms with Crippen LogP contribution in [0.2, 0.25) is 0 Å². The summed E-state index contributed by atoms with van der Waals surface area (Å²) in [7, 11) is 0. The van der Waals surface area contributed by atoms with Gasteiger partial charge in [-0.15, -0.1) is 0 Å². The summed E-state index contributed by atoms with van der Waals surface area (Å²) in [5.74, 6) is -0.302. The summed E-state index contributed by atoms with van der Waals surface area (Å²) in [6.07, 6.45) is 1.83. The van der Waals surface area contributed by atoms with Crippen LogP contribution >= 0.6 is 0 Å². The Morgan fingerprint density at radius 2 is 1.84 bits per heavy atom. The molecule has 0 aliphatic rings. The second-order valence-corrected chi connectivity index (χ2v) is 6.14. The second kappa shape index (κ2) is 7.96. The molecule has 1 aromatic heterocycles. The first-order valence-corrected chi connectivity index (χ1v) is 8.44. The van der Waals surface area contributed by atoms with Crippen LogP contribution in [0.25, 0.3) is 10.9 Å². The third-order valence-electron chi connectivity index (χ3n) is 4.31. The van der Waals surface area contributed by atoms with E-state index in [1.54, 1.807) is 0 Å². The Bertz CT molecular complexity index is 843. The molecule has 0 saturated carbocycles. The molecule has 5 heteroatoms. The molecule has 4 N–H and O–H groups in total. The fourth-order valence-corrected chi connectivity index (χ4v) is 3.02. The molecule has 1 amide bonds. The summed E-state index contributed by atoms with van der Waals surface area (Å²) in [6.45, 7) is 1.70. The van der Waals surface area contributed by atoms with Gasteiger partial charge >= 0.3 is 0 Å². The number of hydrogen-bond acceptors (Lipinski definition) is 3. The molecule has 0 saturated heterocycles. The summed E-state index contributed by atoms with van der Waals surface area (Å²) in [5, 5.41) is 14.7. The van der Waals surface area contributed by atoms with Gasteiger partial charge in [-0.2, -0.15) is 0 Å². The topological polar surface area (TPSA) is 80.3 Å². The summed E-state index contributed by atoms with van der Waals surface area (Å²) < 4.78 is 2.06. The van der Waals surface area contributed by atoms with Gasteiger partial charge in [0.1, 0.15) is 0 Å². The third-order valence-corrected chi connectivity index (χ3v) is 4.31. The van der Waals surface area contributed by atoms with Gasteiger partial charge in [0.05, 0.1) is 6.10 Å². The summed E-state index contributed by atoms with van der Waals surface area (Å²) in [6, 6.07) is 17.7. The van der Waals surface area contributed by atoms with E-state index in [2.05, 4.69) is 22.1 Å². The van der Waals surface area contributed by atoms with Crippen molar-refractivity contribution < 1.29 is 9.90 Å². The van der Waals surface area contributed by atoms with Crippen molar-refractivity contribution >= 4 is 16.8 Å². The molecule has 0 radical (unpaired) electrons. The van der Waals surface area contributed by atoms with Crippen LogP contribution in [0.15, 0.2) is 60.8 Å². The molecular weight excluding hydrogens is 314 g/mol. The van der Waals surface area contributed by atoms with E-state index in [1.165, 1.54) is 0 Å². The molecule has 5 nitrogen and oxygen atoms in total. The van der Waals surface area contributed by atoms with Gasteiger partial charge in [-0.05, 0) is 17.2 Å². The molecule has 1 heterocycles. The van der Waals surface area contributed by atoms with Crippen LogP contribution < -0.4 is 11.1 Å². The maximum absolute atomic E-state index is 11.1. The number of para-hydroxylation sites is 1. The van der Waals surface area contributed by atoms with E-state index in [-0.39, 0.29) is 5.91 Å². The van der Waals surface area contributed by atoms with Crippen molar-refractivity contribution in [3.05, 3.63) is 71.9 Å². The lowest BCUT2D eigenvalue weighted by molar-refractivity contribution is -0.118. The zero-order chi connectivity index (χ0) is 17.6. The quantitative estimate of drug-likeness (QED) is 0.590. The number of benzene rings is 2. The average Bonchev–Trinajstić information content (AvgIpc) is 2.99. The van der Waals surface area contributed by atoms with Crippen molar-refractivity contribution in [2.24, 2.45) is 5.73 Å². The molecule has 0 fully saturated rings. The number of carbonyl (C=O) groups is 1. The van der Waals surface area contributed by atoms with E-state index in [4.69, 9.17) is 5.73 Å². The van der Waals surface area contributed by atoms with Crippen LogP contribution in [0.5, 0.6) is 0 Å². The Balaban J connectivity index is 1.68. The van der Waals surface area contributed by atoms with Gasteiger partial charge < -0.3 is 20.7 Å². The van der Waals surface area contributed by atoms with Gasteiger partial charge in [-0.1, -0.05) is 48.5 Å². The number of aliphatic hydroxyl groups is 1. The number of primary amides is 1. The minimum absolute atomic E-state index is 0.302. The number of nitrogens with two attached hydrogens (primary N) is 1. The van der Waals surface area contributed by atoms with Gasteiger partial charge in [-0.3, -0.25) is 4.79 Å². The highest BCUT2D eigenvalue weighted by atomic mass is 16.3. The van der Waals surface area contributed by atoms with Crippen molar-refractivity contribution in [3.8, 4) is 0 Å². The van der Waals surface area contributed by atoms with Crippen molar-refractivity contribution in [3.63, 3.8) is 0 Å². The van der Waals surface area contributed by atoms with Gasteiger partial charge in [0.25, 0.3) is 0 Å². The maximum Gasteiger partial charge on any atom is 0.219 e. The highest BCUT2D eigenvalue weighted by molar-refractivity contribution is 5.84. The second-order valence-electron chi connectivity index (χ2n) is 6.14. The van der Waals surface area contributed by atoms with Crippen molar-refractivity contribution in [2.75, 3.05) is 6.54 Å². The Kier molecular flexibility index (Phi) is 5.48. The molecule has 0 spiro atoms. The lowest BCUT2D eigenvalue weighted by atomic mass is 10.1. The smallest absolute Gasteiger partial charge is 0.219 e. The molecule has 1 unspecified atom stereocenters. The number of carbonyl (C=O) groups excluding carboxylic acids is 1. The molecule has 25 heavy (non-hydrogen) atoms. The van der Waals surface area contributed by atoms with E-state index in [9.17, 15) is 9.90 Å². The Labute approximate surface area is 147 Å². The number of rotatable bonds is 8. The van der Waals surface area contributed by atoms with Crippen molar-refractivity contribution in [1.29, 1.82) is 0 Å². The molecular formula is C20H23N3O2. The standard InChI is InChI=1S/C20H23N3O2/c21-20(25)10-11-23-14-16(17-8-4-5-9-18(17)23)12-22-13-19(24)15-6-2-1-3-7-15/h1-9,14,19,22,24H,10-13H2,(H2,21,25). The fourth-order valence-electron chi connectivity index (χ4n) is 3.02. The molecule has 0 aliphatic heterocycles. The first kappa shape index (κ1) is 17.2. The molecule has 0 bridgehead atoms. The lowest BCUT2D eigenvalue weighted by Crippen LogP contribution is -2.21. The maximum atomic E-state index is 11.1. The first-order chi connectivity index (χ1) is 12.1. The van der Waals surface area contributed by atoms with Crippen molar-refractivity contribution in [1.82, 2.24) is 9.88 Å². The molecule has 3 aromatic rings. The third kappa shape index (κ3) is 4.26. The van der Waals surface area contributed by atoms with Crippen LogP contribution in [0.3, 0.4) is 0 Å². The summed E-state index contributed by atoms with van der Waals surface area (Å²) in [5.41, 5.74) is 8.40. The highest BCUT2D eigenvalue weighted by Gasteiger charge is 2.10. The Hall–Kier alpha value is -2.63. The van der Waals surface area contributed by atoms with E-state index in [1.807, 2.05) is 48.5 Å². The average molecular weight is 337 g/mol. The Morgan fingerprint density at radius 1 is 1.12 bits per heavy atom. The minimum atomic E-state index is -0.538. The predicted octanol–water partition coefficient (Wildman–Crippen LogP) is 2.34. The van der Waals surface area contributed by atoms with Crippen LogP contribution in [0.4, 0.5) is 0 Å². The van der Waals surface area contributed by atoms with E-state index < -0.39 is 6.10 Å². The molecule has 130 valence electrons. The number of nitrogens with one attached hydrogen (secondary N) is 1. The van der Waals surface area contributed by atoms with Gasteiger partial charge in [-0.25, -0.2) is 0 Å². The van der Waals surface area contributed by atoms with Gasteiger partial charge in [0, 0.05) is 43.2 Å². The number of nitrogens with zero attached hydrogens (tertiary/aromatic N) is 1. The van der Waals surface area contributed by atoms with Crippen LogP contribution in [0, 0.1) is 0 Å². The number of aliphatic hydroxyl groups excluding tert-OH is 1. The molecule has 2 aromatic carbocycles. The fraction of sp³-hybridized carbons (Fsp3) is 0.250. The minimum Gasteiger partial charge on any atom is -0.387 e. The summed E-state index contributed by atoms with van der Waals surface area (Å²) >= 11 is 0. The Morgan fingerprint density at radius 3 is 2.60 bits per heavy atom. The van der Waals surface area contributed by atoms with E-state index >= 15 is 0 Å². The van der Waals surface area contributed by atoms with E-state index in [0.29, 0.717) is 26.1 Å². The number of hydrogen-bond donors (Lipinski definition) is 3. The van der Waals surface area contributed by atoms with Gasteiger partial charge in [0.2, 0.25) is 5.91 Å². The van der Waals surface area contributed by atoms with Crippen LogP contribution in [-0.2, 0) is 17.9 Å². The largest absolute Gasteiger partial charge is 0.387 e. The normalized spacial score (nSPS) is 12.4. The predicted molar refractivity (Wildman–Crippen MR) is 98.9 cm³/mol. The number of amides is 1. The zero-order valence-corrected chi connectivity index (χ0v) is 14.1. The SMILES string of the molecule is NC(=O)CCn1cc(CNCC(O)c2ccccc2)c2ccccc21. The van der Waals surface area contributed by atoms with Crippen molar-refractivity contribution in [2.45, 2.75) is 25.6 Å². The monoisotopic (exact) mass is 337 g/mol. The highest BCUT2D eigenvalue weighted by Crippen LogP contribution is 2.22. The van der Waals surface area contributed by atoms with Crippen LogP contribution in [0.1, 0.15) is 23.7 Å². The van der Waals surface area contributed by atoms with E-state index in [0.717, 1.165) is 22.0 Å². The molecule has 1 atom stereocenters. The number of fused-ring (bicyclic) bond motifs is 1.